The fraction of sp³-hybridized carbons (Fsp3) is 0.286. The molecule has 4 heteroatoms. The van der Waals surface area contributed by atoms with Gasteiger partial charge in [0.15, 0.2) is 12.1 Å². The second-order valence-corrected chi connectivity index (χ2v) is 4.60. The Balaban J connectivity index is 2.35. The molecule has 4 nitrogen and oxygen atoms in total. The van der Waals surface area contributed by atoms with Crippen LogP contribution in [0.1, 0.15) is 34.1 Å². The van der Waals surface area contributed by atoms with Gasteiger partial charge in [0.05, 0.1) is 11.1 Å². The number of carbonyl (C=O) groups excluding carboxylic acids is 2. The molecule has 0 amide bonds. The summed E-state index contributed by atoms with van der Waals surface area (Å²) in [6.45, 7) is 3.32. The SMILES string of the molecule is CC(=O)c1ccc2c(C=O)c3n(c2c1)CCCN3. The Labute approximate surface area is 105 Å². The molecule has 2 aromatic rings. The molecule has 0 unspecified atom stereocenters. The van der Waals surface area contributed by atoms with Gasteiger partial charge < -0.3 is 9.88 Å². The number of ketones is 1. The molecule has 92 valence electrons. The average Bonchev–Trinajstić information content (AvgIpc) is 2.71. The highest BCUT2D eigenvalue weighted by atomic mass is 16.1. The summed E-state index contributed by atoms with van der Waals surface area (Å²) in [4.78, 5) is 22.7. The highest BCUT2D eigenvalue weighted by molar-refractivity contribution is 6.06. The summed E-state index contributed by atoms with van der Waals surface area (Å²) in [5.74, 6) is 0.927. The van der Waals surface area contributed by atoms with Crippen molar-refractivity contribution in [1.82, 2.24) is 4.57 Å². The second-order valence-electron chi connectivity index (χ2n) is 4.60. The lowest BCUT2D eigenvalue weighted by atomic mass is 10.1. The number of nitrogens with zero attached hydrogens (tertiary/aromatic N) is 1. The summed E-state index contributed by atoms with van der Waals surface area (Å²) in [5.41, 5.74) is 2.35. The van der Waals surface area contributed by atoms with E-state index < -0.39 is 0 Å². The van der Waals surface area contributed by atoms with E-state index in [1.807, 2.05) is 12.1 Å². The molecule has 3 rings (SSSR count). The molecule has 0 bridgehead atoms. The Morgan fingerprint density at radius 1 is 1.44 bits per heavy atom. The zero-order chi connectivity index (χ0) is 12.7. The summed E-state index contributed by atoms with van der Waals surface area (Å²) >= 11 is 0. The molecular weight excluding hydrogens is 228 g/mol. The van der Waals surface area contributed by atoms with E-state index in [0.29, 0.717) is 11.1 Å². The Bertz CT molecular complexity index is 655. The maximum Gasteiger partial charge on any atom is 0.159 e. The largest absolute Gasteiger partial charge is 0.371 e. The van der Waals surface area contributed by atoms with E-state index in [1.165, 1.54) is 0 Å². The first-order chi connectivity index (χ1) is 8.72. The molecule has 0 saturated heterocycles. The monoisotopic (exact) mass is 242 g/mol. The van der Waals surface area contributed by atoms with Crippen LogP contribution in [0.3, 0.4) is 0 Å². The number of Topliss-reactive ketones (excluding diaryl/α,β-unsaturated/α-hetero) is 1. The van der Waals surface area contributed by atoms with Crippen LogP contribution >= 0.6 is 0 Å². The summed E-state index contributed by atoms with van der Waals surface area (Å²) in [7, 11) is 0. The maximum absolute atomic E-state index is 11.4. The molecule has 1 aromatic carbocycles. The van der Waals surface area contributed by atoms with Gasteiger partial charge in [0.1, 0.15) is 5.82 Å². The Kier molecular flexibility index (Phi) is 2.44. The third-order valence-electron chi connectivity index (χ3n) is 3.48. The molecule has 0 aliphatic carbocycles. The van der Waals surface area contributed by atoms with E-state index in [4.69, 9.17) is 0 Å². The van der Waals surface area contributed by atoms with Crippen molar-refractivity contribution in [3.63, 3.8) is 0 Å². The molecule has 0 fully saturated rings. The van der Waals surface area contributed by atoms with E-state index in [2.05, 4.69) is 9.88 Å². The summed E-state index contributed by atoms with van der Waals surface area (Å²) in [5, 5.41) is 4.18. The fourth-order valence-electron chi connectivity index (χ4n) is 2.58. The third-order valence-corrected chi connectivity index (χ3v) is 3.48. The van der Waals surface area contributed by atoms with Gasteiger partial charge in [-0.25, -0.2) is 0 Å². The maximum atomic E-state index is 11.4. The first kappa shape index (κ1) is 11.0. The van der Waals surface area contributed by atoms with Crippen LogP contribution in [0.15, 0.2) is 18.2 Å². The number of hydrogen-bond donors (Lipinski definition) is 1. The van der Waals surface area contributed by atoms with Gasteiger partial charge in [-0.3, -0.25) is 9.59 Å². The van der Waals surface area contributed by atoms with Gasteiger partial charge >= 0.3 is 0 Å². The molecule has 1 aliphatic rings. The van der Waals surface area contributed by atoms with Crippen LogP contribution in [0, 0.1) is 0 Å². The van der Waals surface area contributed by atoms with Crippen LogP contribution in [0.5, 0.6) is 0 Å². The standard InChI is InChI=1S/C14H14N2O2/c1-9(18)10-3-4-11-12(8-17)14-15-5-2-6-16(14)13(11)7-10/h3-4,7-8,15H,2,5-6H2,1H3. The molecular formula is C14H14N2O2. The van der Waals surface area contributed by atoms with Crippen molar-refractivity contribution < 1.29 is 9.59 Å². The minimum Gasteiger partial charge on any atom is -0.371 e. The van der Waals surface area contributed by atoms with Crippen molar-refractivity contribution in [3.05, 3.63) is 29.3 Å². The Morgan fingerprint density at radius 3 is 3.00 bits per heavy atom. The van der Waals surface area contributed by atoms with Crippen LogP contribution in [-0.2, 0) is 6.54 Å². The summed E-state index contributed by atoms with van der Waals surface area (Å²) in [6.07, 6.45) is 1.92. The average molecular weight is 242 g/mol. The number of fused-ring (bicyclic) bond motifs is 3. The van der Waals surface area contributed by atoms with E-state index in [9.17, 15) is 9.59 Å². The number of hydrogen-bond acceptors (Lipinski definition) is 3. The number of aryl methyl sites for hydroxylation is 1. The van der Waals surface area contributed by atoms with E-state index >= 15 is 0 Å². The minimum atomic E-state index is 0.0453. The number of rotatable bonds is 2. The zero-order valence-electron chi connectivity index (χ0n) is 10.2. The molecule has 18 heavy (non-hydrogen) atoms. The highest BCUT2D eigenvalue weighted by Crippen LogP contribution is 2.32. The summed E-state index contributed by atoms with van der Waals surface area (Å²) in [6, 6.07) is 5.52. The van der Waals surface area contributed by atoms with Crippen molar-refractivity contribution in [1.29, 1.82) is 0 Å². The Morgan fingerprint density at radius 2 is 2.28 bits per heavy atom. The van der Waals surface area contributed by atoms with Crippen molar-refractivity contribution >= 4 is 28.8 Å². The number of aromatic nitrogens is 1. The lowest BCUT2D eigenvalue weighted by molar-refractivity contribution is 0.101. The van der Waals surface area contributed by atoms with Crippen LogP contribution in [0.2, 0.25) is 0 Å². The Hall–Kier alpha value is -2.10. The van der Waals surface area contributed by atoms with Gasteiger partial charge in [0.2, 0.25) is 0 Å². The third kappa shape index (κ3) is 1.45. The molecule has 0 radical (unpaired) electrons. The molecule has 0 spiro atoms. The second kappa shape index (κ2) is 3.98. The normalized spacial score (nSPS) is 14.1. The van der Waals surface area contributed by atoms with Gasteiger partial charge in [0.25, 0.3) is 0 Å². The smallest absolute Gasteiger partial charge is 0.159 e. The highest BCUT2D eigenvalue weighted by Gasteiger charge is 2.19. The number of aldehydes is 1. The van der Waals surface area contributed by atoms with Crippen LogP contribution < -0.4 is 5.32 Å². The quantitative estimate of drug-likeness (QED) is 0.650. The zero-order valence-corrected chi connectivity index (χ0v) is 10.2. The number of anilines is 1. The number of benzene rings is 1. The molecule has 1 aromatic heterocycles. The van der Waals surface area contributed by atoms with Gasteiger partial charge in [-0.05, 0) is 19.4 Å². The van der Waals surface area contributed by atoms with E-state index in [-0.39, 0.29) is 5.78 Å². The fourth-order valence-corrected chi connectivity index (χ4v) is 2.58. The number of nitrogens with one attached hydrogen (secondary N) is 1. The lowest BCUT2D eigenvalue weighted by Gasteiger charge is -2.18. The predicted molar refractivity (Wildman–Crippen MR) is 70.4 cm³/mol. The summed E-state index contributed by atoms with van der Waals surface area (Å²) < 4.78 is 2.09. The van der Waals surface area contributed by atoms with E-state index in [0.717, 1.165) is 42.5 Å². The molecule has 2 heterocycles. The topological polar surface area (TPSA) is 51.1 Å². The van der Waals surface area contributed by atoms with Crippen LogP contribution in [0.25, 0.3) is 10.9 Å². The van der Waals surface area contributed by atoms with Crippen molar-refractivity contribution in [3.8, 4) is 0 Å². The minimum absolute atomic E-state index is 0.0453. The van der Waals surface area contributed by atoms with Crippen molar-refractivity contribution in [2.75, 3.05) is 11.9 Å². The first-order valence-electron chi connectivity index (χ1n) is 6.08. The number of carbonyl (C=O) groups is 2. The van der Waals surface area contributed by atoms with Gasteiger partial charge in [-0.15, -0.1) is 0 Å². The molecule has 0 saturated carbocycles. The molecule has 1 aliphatic heterocycles. The van der Waals surface area contributed by atoms with E-state index in [1.54, 1.807) is 13.0 Å². The predicted octanol–water partition coefficient (Wildman–Crippen LogP) is 2.47. The molecule has 0 atom stereocenters. The van der Waals surface area contributed by atoms with Gasteiger partial charge in [-0.2, -0.15) is 0 Å². The first-order valence-corrected chi connectivity index (χ1v) is 6.08. The van der Waals surface area contributed by atoms with Crippen molar-refractivity contribution in [2.24, 2.45) is 0 Å². The lowest BCUT2D eigenvalue weighted by Crippen LogP contribution is -2.17. The molecule has 1 N–H and O–H groups in total. The van der Waals surface area contributed by atoms with Gasteiger partial charge in [0, 0.05) is 24.0 Å². The van der Waals surface area contributed by atoms with Crippen LogP contribution in [0.4, 0.5) is 5.82 Å². The van der Waals surface area contributed by atoms with Gasteiger partial charge in [-0.1, -0.05) is 12.1 Å². The van der Waals surface area contributed by atoms with Crippen LogP contribution in [-0.4, -0.2) is 23.2 Å². The van der Waals surface area contributed by atoms with Crippen molar-refractivity contribution in [2.45, 2.75) is 19.9 Å².